The lowest BCUT2D eigenvalue weighted by Gasteiger charge is -2.13. The van der Waals surface area contributed by atoms with Gasteiger partial charge in [-0.05, 0) is 19.3 Å². The lowest BCUT2D eigenvalue weighted by molar-refractivity contribution is 0.377. The summed E-state index contributed by atoms with van der Waals surface area (Å²) in [6.07, 6.45) is 6.82. The molecule has 0 bridgehead atoms. The van der Waals surface area contributed by atoms with E-state index in [2.05, 4.69) is 10.2 Å². The van der Waals surface area contributed by atoms with E-state index in [4.69, 9.17) is 5.73 Å². The number of hydrogen-bond acceptors (Lipinski definition) is 3. The molecule has 1 heterocycles. The van der Waals surface area contributed by atoms with Crippen molar-refractivity contribution in [2.24, 2.45) is 5.73 Å². The van der Waals surface area contributed by atoms with Gasteiger partial charge in [-0.15, -0.1) is 0 Å². The van der Waals surface area contributed by atoms with Crippen molar-refractivity contribution in [3.63, 3.8) is 0 Å². The molecule has 1 saturated carbocycles. The first-order chi connectivity index (χ1) is 5.38. The monoisotopic (exact) mass is 152 g/mol. The molecule has 0 saturated heterocycles. The summed E-state index contributed by atoms with van der Waals surface area (Å²) < 4.78 is 0. The predicted octanol–water partition coefficient (Wildman–Crippen LogP) is 0.330. The molecule has 1 fully saturated rings. The Morgan fingerprint density at radius 1 is 1.27 bits per heavy atom. The fourth-order valence-corrected chi connectivity index (χ4v) is 1.65. The maximum atomic E-state index is 5.87. The molecule has 0 aromatic carbocycles. The summed E-state index contributed by atoms with van der Waals surface area (Å²) in [5.74, 6) is 0. The van der Waals surface area contributed by atoms with E-state index in [0.717, 1.165) is 12.8 Å². The van der Waals surface area contributed by atoms with Gasteiger partial charge in [0.1, 0.15) is 0 Å². The number of nitrogens with zero attached hydrogens (tertiary/aromatic N) is 3. The molecule has 1 aliphatic rings. The Bertz CT molecular complexity index is 218. The van der Waals surface area contributed by atoms with Crippen LogP contribution in [0.4, 0.5) is 0 Å². The van der Waals surface area contributed by atoms with E-state index in [1.54, 1.807) is 17.2 Å². The molecule has 4 nitrogen and oxygen atoms in total. The first kappa shape index (κ1) is 6.79. The van der Waals surface area contributed by atoms with Crippen molar-refractivity contribution in [2.45, 2.75) is 31.3 Å². The van der Waals surface area contributed by atoms with Gasteiger partial charge in [-0.1, -0.05) is 0 Å². The third kappa shape index (κ3) is 1.14. The molecule has 4 heteroatoms. The Labute approximate surface area is 65.4 Å². The fourth-order valence-electron chi connectivity index (χ4n) is 1.65. The van der Waals surface area contributed by atoms with Crippen LogP contribution >= 0.6 is 0 Å². The minimum absolute atomic E-state index is 0.252. The Kier molecular flexibility index (Phi) is 1.62. The molecule has 1 aliphatic carbocycles. The van der Waals surface area contributed by atoms with Gasteiger partial charge in [0.25, 0.3) is 0 Å². The van der Waals surface area contributed by atoms with Crippen LogP contribution in [0.3, 0.4) is 0 Å². The Balaban J connectivity index is 2.16. The highest BCUT2D eigenvalue weighted by molar-refractivity contribution is 4.83. The highest BCUT2D eigenvalue weighted by Crippen LogP contribution is 2.26. The maximum Gasteiger partial charge on any atom is 0.0866 e. The van der Waals surface area contributed by atoms with Gasteiger partial charge in [0.05, 0.1) is 18.4 Å². The van der Waals surface area contributed by atoms with Gasteiger partial charge in [0.15, 0.2) is 0 Å². The average Bonchev–Trinajstić information content (AvgIpc) is 2.55. The van der Waals surface area contributed by atoms with Crippen molar-refractivity contribution >= 4 is 0 Å². The highest BCUT2D eigenvalue weighted by Gasteiger charge is 2.26. The molecule has 11 heavy (non-hydrogen) atoms. The number of nitrogens with two attached hydrogens (primary N) is 1. The molecule has 0 aliphatic heterocycles. The van der Waals surface area contributed by atoms with Gasteiger partial charge in [-0.25, -0.2) is 0 Å². The van der Waals surface area contributed by atoms with Crippen LogP contribution in [0.2, 0.25) is 0 Å². The van der Waals surface area contributed by atoms with Gasteiger partial charge >= 0.3 is 0 Å². The van der Waals surface area contributed by atoms with E-state index in [1.807, 2.05) is 0 Å². The van der Waals surface area contributed by atoms with Crippen LogP contribution in [0.5, 0.6) is 0 Å². The lowest BCUT2D eigenvalue weighted by atomic mass is 10.2. The van der Waals surface area contributed by atoms with Crippen LogP contribution in [0.15, 0.2) is 12.4 Å². The quantitative estimate of drug-likeness (QED) is 0.631. The normalized spacial score (nSPS) is 31.0. The summed E-state index contributed by atoms with van der Waals surface area (Å²) in [6, 6.07) is 0.590. The predicted molar refractivity (Wildman–Crippen MR) is 40.9 cm³/mol. The zero-order valence-corrected chi connectivity index (χ0v) is 6.35. The van der Waals surface area contributed by atoms with Gasteiger partial charge < -0.3 is 5.73 Å². The average molecular weight is 152 g/mol. The van der Waals surface area contributed by atoms with E-state index in [-0.39, 0.29) is 6.04 Å². The van der Waals surface area contributed by atoms with E-state index in [1.165, 1.54) is 6.42 Å². The number of aromatic nitrogens is 3. The Morgan fingerprint density at radius 3 is 2.55 bits per heavy atom. The van der Waals surface area contributed by atoms with E-state index >= 15 is 0 Å². The second-order valence-electron chi connectivity index (χ2n) is 3.01. The molecule has 0 radical (unpaired) electrons. The van der Waals surface area contributed by atoms with Crippen LogP contribution < -0.4 is 5.73 Å². The second-order valence-corrected chi connectivity index (χ2v) is 3.01. The second kappa shape index (κ2) is 2.62. The number of hydrogen-bond donors (Lipinski definition) is 1. The Hall–Kier alpha value is -0.900. The molecule has 2 unspecified atom stereocenters. The summed E-state index contributed by atoms with van der Waals surface area (Å²) in [6.45, 7) is 0. The van der Waals surface area contributed by atoms with E-state index in [0.29, 0.717) is 6.04 Å². The van der Waals surface area contributed by atoms with Crippen molar-refractivity contribution in [2.75, 3.05) is 0 Å². The molecule has 2 atom stereocenters. The van der Waals surface area contributed by atoms with Crippen molar-refractivity contribution in [3.8, 4) is 0 Å². The minimum atomic E-state index is 0.252. The van der Waals surface area contributed by atoms with Crippen molar-refractivity contribution < 1.29 is 0 Å². The van der Waals surface area contributed by atoms with Crippen LogP contribution in [0, 0.1) is 0 Å². The van der Waals surface area contributed by atoms with Crippen molar-refractivity contribution in [1.82, 2.24) is 15.0 Å². The summed E-state index contributed by atoms with van der Waals surface area (Å²) in [5, 5.41) is 8.15. The maximum absolute atomic E-state index is 5.87. The molecule has 60 valence electrons. The van der Waals surface area contributed by atoms with Gasteiger partial charge in [-0.2, -0.15) is 15.0 Å². The summed E-state index contributed by atoms with van der Waals surface area (Å²) in [5.41, 5.74) is 5.87. The van der Waals surface area contributed by atoms with Crippen LogP contribution in [-0.2, 0) is 0 Å². The summed E-state index contributed by atoms with van der Waals surface area (Å²) >= 11 is 0. The van der Waals surface area contributed by atoms with Crippen LogP contribution in [0.25, 0.3) is 0 Å². The SMILES string of the molecule is NC1CCCC1n1nccn1. The summed E-state index contributed by atoms with van der Waals surface area (Å²) in [4.78, 5) is 1.73. The molecule has 2 N–H and O–H groups in total. The number of rotatable bonds is 1. The molecule has 2 rings (SSSR count). The first-order valence-electron chi connectivity index (χ1n) is 3.99. The molecular weight excluding hydrogens is 140 g/mol. The van der Waals surface area contributed by atoms with Crippen molar-refractivity contribution in [1.29, 1.82) is 0 Å². The largest absolute Gasteiger partial charge is 0.326 e. The third-order valence-electron chi connectivity index (χ3n) is 2.26. The Morgan fingerprint density at radius 2 is 2.00 bits per heavy atom. The first-order valence-corrected chi connectivity index (χ1v) is 3.99. The molecular formula is C7H12N4. The van der Waals surface area contributed by atoms with E-state index in [9.17, 15) is 0 Å². The highest BCUT2D eigenvalue weighted by atomic mass is 15.5. The smallest absolute Gasteiger partial charge is 0.0866 e. The lowest BCUT2D eigenvalue weighted by Crippen LogP contribution is -2.28. The standard InChI is InChI=1S/C7H12N4/c8-6-2-1-3-7(6)11-9-4-5-10-11/h4-7H,1-3,8H2. The summed E-state index contributed by atoms with van der Waals surface area (Å²) in [7, 11) is 0. The van der Waals surface area contributed by atoms with Crippen LogP contribution in [-0.4, -0.2) is 21.0 Å². The molecule has 1 aromatic heterocycles. The van der Waals surface area contributed by atoms with Gasteiger partial charge in [-0.3, -0.25) is 0 Å². The van der Waals surface area contributed by atoms with Gasteiger partial charge in [0, 0.05) is 6.04 Å². The molecule has 0 amide bonds. The zero-order valence-electron chi connectivity index (χ0n) is 6.35. The minimum Gasteiger partial charge on any atom is -0.326 e. The van der Waals surface area contributed by atoms with Crippen LogP contribution in [0.1, 0.15) is 25.3 Å². The van der Waals surface area contributed by atoms with Crippen molar-refractivity contribution in [3.05, 3.63) is 12.4 Å². The van der Waals surface area contributed by atoms with E-state index < -0.39 is 0 Å². The third-order valence-corrected chi connectivity index (χ3v) is 2.26. The molecule has 0 spiro atoms. The van der Waals surface area contributed by atoms with Gasteiger partial charge in [0.2, 0.25) is 0 Å². The zero-order chi connectivity index (χ0) is 7.68. The fraction of sp³-hybridized carbons (Fsp3) is 0.714. The molecule has 1 aromatic rings. The topological polar surface area (TPSA) is 56.7 Å².